The Morgan fingerprint density at radius 3 is 2.68 bits per heavy atom. The van der Waals surface area contributed by atoms with Crippen LogP contribution in [0.25, 0.3) is 0 Å². The van der Waals surface area contributed by atoms with E-state index in [1.165, 1.54) is 0 Å². The molecule has 1 aromatic rings. The fraction of sp³-hybridized carbons (Fsp3) is 0.429. The van der Waals surface area contributed by atoms with Crippen molar-refractivity contribution in [3.05, 3.63) is 29.3 Å². The zero-order valence-electron chi connectivity index (χ0n) is 11.2. The molecule has 1 aliphatic heterocycles. The molecule has 1 fully saturated rings. The van der Waals surface area contributed by atoms with E-state index in [1.54, 1.807) is 18.2 Å². The van der Waals surface area contributed by atoms with E-state index < -0.39 is 5.91 Å². The minimum atomic E-state index is -0.463. The molecular formula is C14H19N3O2. The normalized spacial score (nSPS) is 22.2. The number of benzene rings is 1. The molecule has 1 aromatic carbocycles. The van der Waals surface area contributed by atoms with Gasteiger partial charge >= 0.3 is 0 Å². The Labute approximate surface area is 112 Å². The van der Waals surface area contributed by atoms with Crippen LogP contribution < -0.4 is 16.4 Å². The van der Waals surface area contributed by atoms with Crippen LogP contribution in [0.1, 0.15) is 29.3 Å². The molecule has 0 aromatic heterocycles. The number of amides is 2. The molecule has 2 unspecified atom stereocenters. The second-order valence-corrected chi connectivity index (χ2v) is 5.02. The van der Waals surface area contributed by atoms with Gasteiger partial charge in [-0.3, -0.25) is 9.59 Å². The summed E-state index contributed by atoms with van der Waals surface area (Å²) in [6.45, 7) is 4.73. The molecule has 5 heteroatoms. The highest BCUT2D eigenvalue weighted by Crippen LogP contribution is 2.21. The topological polar surface area (TPSA) is 84.2 Å². The molecule has 1 saturated heterocycles. The maximum absolute atomic E-state index is 12.2. The summed E-state index contributed by atoms with van der Waals surface area (Å²) in [6.07, 6.45) is 0.853. The van der Waals surface area contributed by atoms with Crippen LogP contribution >= 0.6 is 0 Å². The highest BCUT2D eigenvalue weighted by Gasteiger charge is 2.29. The number of primary amides is 1. The molecule has 4 N–H and O–H groups in total. The monoisotopic (exact) mass is 261 g/mol. The molecule has 1 heterocycles. The third kappa shape index (κ3) is 2.93. The van der Waals surface area contributed by atoms with Crippen LogP contribution in [0.2, 0.25) is 0 Å². The Morgan fingerprint density at radius 1 is 1.42 bits per heavy atom. The molecule has 102 valence electrons. The average Bonchev–Trinajstić information content (AvgIpc) is 2.77. The standard InChI is InChI=1S/C14H19N3O2/c1-8-7-10(13(15)18)3-4-12(8)17-14(19)11-5-6-16-9(11)2/h3-4,7,9,11,16H,5-6H2,1-2H3,(H2,15,18)(H,17,19). The van der Waals surface area contributed by atoms with Gasteiger partial charge < -0.3 is 16.4 Å². The number of nitrogens with one attached hydrogen (secondary N) is 2. The largest absolute Gasteiger partial charge is 0.366 e. The lowest BCUT2D eigenvalue weighted by Gasteiger charge is -2.16. The van der Waals surface area contributed by atoms with Gasteiger partial charge in [-0.05, 0) is 50.6 Å². The van der Waals surface area contributed by atoms with Gasteiger partial charge in [0.25, 0.3) is 0 Å². The second-order valence-electron chi connectivity index (χ2n) is 5.02. The van der Waals surface area contributed by atoms with Gasteiger partial charge in [0.2, 0.25) is 11.8 Å². The number of anilines is 1. The SMILES string of the molecule is Cc1cc(C(N)=O)ccc1NC(=O)C1CCNC1C. The molecule has 19 heavy (non-hydrogen) atoms. The molecule has 0 radical (unpaired) electrons. The quantitative estimate of drug-likeness (QED) is 0.759. The Morgan fingerprint density at radius 2 is 2.16 bits per heavy atom. The van der Waals surface area contributed by atoms with Crippen molar-refractivity contribution >= 4 is 17.5 Å². The Kier molecular flexibility index (Phi) is 3.85. The van der Waals surface area contributed by atoms with Crippen LogP contribution in [0.3, 0.4) is 0 Å². The molecule has 0 saturated carbocycles. The van der Waals surface area contributed by atoms with E-state index in [1.807, 2.05) is 13.8 Å². The predicted octanol–water partition coefficient (Wildman–Crippen LogP) is 1.03. The number of aryl methyl sites for hydroxylation is 1. The van der Waals surface area contributed by atoms with E-state index in [9.17, 15) is 9.59 Å². The van der Waals surface area contributed by atoms with Gasteiger partial charge in [0, 0.05) is 17.3 Å². The molecule has 0 spiro atoms. The lowest BCUT2D eigenvalue weighted by molar-refractivity contribution is -0.120. The third-order valence-corrected chi connectivity index (χ3v) is 3.63. The van der Waals surface area contributed by atoms with E-state index in [-0.39, 0.29) is 17.9 Å². The van der Waals surface area contributed by atoms with Gasteiger partial charge in [0.1, 0.15) is 0 Å². The molecule has 0 aliphatic carbocycles. The minimum absolute atomic E-state index is 0.00443. The molecule has 2 atom stereocenters. The van der Waals surface area contributed by atoms with Crippen molar-refractivity contribution in [2.75, 3.05) is 11.9 Å². The van der Waals surface area contributed by atoms with E-state index in [4.69, 9.17) is 5.73 Å². The first kappa shape index (κ1) is 13.5. The lowest BCUT2D eigenvalue weighted by atomic mass is 10.0. The van der Waals surface area contributed by atoms with Gasteiger partial charge in [-0.2, -0.15) is 0 Å². The van der Waals surface area contributed by atoms with Gasteiger partial charge in [-0.15, -0.1) is 0 Å². The van der Waals surface area contributed by atoms with Crippen LogP contribution in [0.15, 0.2) is 18.2 Å². The van der Waals surface area contributed by atoms with E-state index >= 15 is 0 Å². The number of rotatable bonds is 3. The second kappa shape index (κ2) is 5.40. The fourth-order valence-electron chi connectivity index (χ4n) is 2.40. The van der Waals surface area contributed by atoms with Gasteiger partial charge in [-0.25, -0.2) is 0 Å². The number of carbonyl (C=O) groups excluding carboxylic acids is 2. The minimum Gasteiger partial charge on any atom is -0.366 e. The maximum Gasteiger partial charge on any atom is 0.248 e. The molecular weight excluding hydrogens is 242 g/mol. The molecule has 5 nitrogen and oxygen atoms in total. The van der Waals surface area contributed by atoms with Crippen LogP contribution in [-0.4, -0.2) is 24.4 Å². The fourth-order valence-corrected chi connectivity index (χ4v) is 2.40. The summed E-state index contributed by atoms with van der Waals surface area (Å²) in [5.74, 6) is -0.447. The van der Waals surface area contributed by atoms with Crippen molar-refractivity contribution in [2.45, 2.75) is 26.3 Å². The zero-order chi connectivity index (χ0) is 14.0. The number of hydrogen-bond acceptors (Lipinski definition) is 3. The molecule has 2 rings (SSSR count). The Balaban J connectivity index is 2.11. The number of carbonyl (C=O) groups is 2. The van der Waals surface area contributed by atoms with Crippen LogP contribution in [0.4, 0.5) is 5.69 Å². The lowest BCUT2D eigenvalue weighted by Crippen LogP contribution is -2.32. The predicted molar refractivity (Wildman–Crippen MR) is 73.9 cm³/mol. The number of nitrogens with two attached hydrogens (primary N) is 1. The van der Waals surface area contributed by atoms with Crippen molar-refractivity contribution in [3.8, 4) is 0 Å². The highest BCUT2D eigenvalue weighted by atomic mass is 16.2. The molecule has 0 bridgehead atoms. The van der Waals surface area contributed by atoms with Crippen LogP contribution in [0, 0.1) is 12.8 Å². The Hall–Kier alpha value is -1.88. The van der Waals surface area contributed by atoms with Crippen molar-refractivity contribution < 1.29 is 9.59 Å². The van der Waals surface area contributed by atoms with Crippen molar-refractivity contribution in [1.82, 2.24) is 5.32 Å². The Bertz CT molecular complexity index is 513. The van der Waals surface area contributed by atoms with Crippen molar-refractivity contribution in [1.29, 1.82) is 0 Å². The molecule has 1 aliphatic rings. The average molecular weight is 261 g/mol. The van der Waals surface area contributed by atoms with Crippen molar-refractivity contribution in [3.63, 3.8) is 0 Å². The van der Waals surface area contributed by atoms with Crippen LogP contribution in [-0.2, 0) is 4.79 Å². The maximum atomic E-state index is 12.2. The molecule has 2 amide bonds. The summed E-state index contributed by atoms with van der Waals surface area (Å²) in [6, 6.07) is 5.24. The van der Waals surface area contributed by atoms with E-state index in [0.29, 0.717) is 5.56 Å². The van der Waals surface area contributed by atoms with Gasteiger partial charge in [0.05, 0.1) is 5.92 Å². The summed E-state index contributed by atoms with van der Waals surface area (Å²) in [5, 5.41) is 6.17. The first-order chi connectivity index (χ1) is 8.99. The van der Waals surface area contributed by atoms with Crippen molar-refractivity contribution in [2.24, 2.45) is 11.7 Å². The summed E-state index contributed by atoms with van der Waals surface area (Å²) in [7, 11) is 0. The van der Waals surface area contributed by atoms with E-state index in [0.717, 1.165) is 24.2 Å². The summed E-state index contributed by atoms with van der Waals surface area (Å²) in [4.78, 5) is 23.2. The summed E-state index contributed by atoms with van der Waals surface area (Å²) in [5.41, 5.74) is 7.23. The smallest absolute Gasteiger partial charge is 0.248 e. The van der Waals surface area contributed by atoms with Gasteiger partial charge in [-0.1, -0.05) is 0 Å². The number of hydrogen-bond donors (Lipinski definition) is 3. The first-order valence-corrected chi connectivity index (χ1v) is 6.43. The third-order valence-electron chi connectivity index (χ3n) is 3.63. The van der Waals surface area contributed by atoms with E-state index in [2.05, 4.69) is 10.6 Å². The van der Waals surface area contributed by atoms with Gasteiger partial charge in [0.15, 0.2) is 0 Å². The highest BCUT2D eigenvalue weighted by molar-refractivity contribution is 5.96. The van der Waals surface area contributed by atoms with Crippen LogP contribution in [0.5, 0.6) is 0 Å². The first-order valence-electron chi connectivity index (χ1n) is 6.43. The summed E-state index contributed by atoms with van der Waals surface area (Å²) >= 11 is 0. The summed E-state index contributed by atoms with van der Waals surface area (Å²) < 4.78 is 0. The zero-order valence-corrected chi connectivity index (χ0v) is 11.2.